The SMILES string of the molecule is CC(C(=O)Nc1ccccc1C#N)n1nc(-c2ccccc2)ccc1=O. The first kappa shape index (κ1) is 17.1. The molecule has 1 amide bonds. The third-order valence-corrected chi connectivity index (χ3v) is 3.95. The first-order chi connectivity index (χ1) is 12.6. The second-order valence-electron chi connectivity index (χ2n) is 5.69. The van der Waals surface area contributed by atoms with Crippen molar-refractivity contribution in [1.82, 2.24) is 9.78 Å². The average Bonchev–Trinajstić information content (AvgIpc) is 2.69. The minimum atomic E-state index is -0.835. The van der Waals surface area contributed by atoms with Crippen molar-refractivity contribution < 1.29 is 4.79 Å². The van der Waals surface area contributed by atoms with Gasteiger partial charge in [-0.1, -0.05) is 42.5 Å². The van der Waals surface area contributed by atoms with Crippen LogP contribution in [0.15, 0.2) is 71.5 Å². The van der Waals surface area contributed by atoms with Crippen molar-refractivity contribution in [3.8, 4) is 17.3 Å². The Hall–Kier alpha value is -3.72. The minimum absolute atomic E-state index is 0.353. The molecule has 1 unspecified atom stereocenters. The Balaban J connectivity index is 1.90. The van der Waals surface area contributed by atoms with Crippen LogP contribution in [0.3, 0.4) is 0 Å². The molecule has 0 fully saturated rings. The van der Waals surface area contributed by atoms with E-state index in [2.05, 4.69) is 10.4 Å². The predicted octanol–water partition coefficient (Wildman–Crippen LogP) is 2.98. The molecule has 1 atom stereocenters. The van der Waals surface area contributed by atoms with Crippen molar-refractivity contribution in [2.75, 3.05) is 5.32 Å². The summed E-state index contributed by atoms with van der Waals surface area (Å²) < 4.78 is 1.15. The van der Waals surface area contributed by atoms with E-state index in [1.165, 1.54) is 6.07 Å². The number of nitrogens with one attached hydrogen (secondary N) is 1. The zero-order valence-corrected chi connectivity index (χ0v) is 14.1. The number of benzene rings is 2. The molecule has 3 rings (SSSR count). The number of para-hydroxylation sites is 1. The van der Waals surface area contributed by atoms with Crippen LogP contribution in [0.2, 0.25) is 0 Å². The van der Waals surface area contributed by atoms with Gasteiger partial charge >= 0.3 is 0 Å². The van der Waals surface area contributed by atoms with Gasteiger partial charge < -0.3 is 5.32 Å². The van der Waals surface area contributed by atoms with Crippen LogP contribution in [0.5, 0.6) is 0 Å². The fourth-order valence-corrected chi connectivity index (χ4v) is 2.50. The van der Waals surface area contributed by atoms with Crippen LogP contribution in [0, 0.1) is 11.3 Å². The molecule has 0 aliphatic rings. The van der Waals surface area contributed by atoms with Crippen molar-refractivity contribution in [2.45, 2.75) is 13.0 Å². The Bertz CT molecular complexity index is 1040. The predicted molar refractivity (Wildman–Crippen MR) is 98.4 cm³/mol. The Labute approximate surface area is 150 Å². The van der Waals surface area contributed by atoms with Crippen molar-refractivity contribution >= 4 is 11.6 Å². The highest BCUT2D eigenvalue weighted by atomic mass is 16.2. The number of nitrogens with zero attached hydrogens (tertiary/aromatic N) is 3. The van der Waals surface area contributed by atoms with Gasteiger partial charge in [-0.2, -0.15) is 10.4 Å². The Morgan fingerprint density at radius 1 is 1.08 bits per heavy atom. The normalized spacial score (nSPS) is 11.4. The van der Waals surface area contributed by atoms with E-state index >= 15 is 0 Å². The maximum absolute atomic E-state index is 12.6. The van der Waals surface area contributed by atoms with E-state index in [1.54, 1.807) is 37.3 Å². The molecule has 1 N–H and O–H groups in total. The first-order valence-corrected chi connectivity index (χ1v) is 8.05. The lowest BCUT2D eigenvalue weighted by atomic mass is 10.1. The third kappa shape index (κ3) is 3.52. The van der Waals surface area contributed by atoms with Gasteiger partial charge in [0.25, 0.3) is 5.56 Å². The van der Waals surface area contributed by atoms with E-state index in [0.29, 0.717) is 16.9 Å². The largest absolute Gasteiger partial charge is 0.323 e. The van der Waals surface area contributed by atoms with Gasteiger partial charge in [0, 0.05) is 11.6 Å². The van der Waals surface area contributed by atoms with Gasteiger partial charge in [-0.15, -0.1) is 0 Å². The summed E-state index contributed by atoms with van der Waals surface area (Å²) in [5, 5.41) is 16.1. The first-order valence-electron chi connectivity index (χ1n) is 8.05. The number of carbonyl (C=O) groups excluding carboxylic acids is 1. The van der Waals surface area contributed by atoms with Crippen LogP contribution in [0.4, 0.5) is 5.69 Å². The number of carbonyl (C=O) groups is 1. The molecule has 128 valence electrons. The van der Waals surface area contributed by atoms with E-state index in [4.69, 9.17) is 5.26 Å². The highest BCUT2D eigenvalue weighted by Crippen LogP contribution is 2.17. The smallest absolute Gasteiger partial charge is 0.267 e. The number of rotatable bonds is 4. The lowest BCUT2D eigenvalue weighted by Crippen LogP contribution is -2.33. The molecule has 0 saturated heterocycles. The van der Waals surface area contributed by atoms with Crippen LogP contribution in [0.25, 0.3) is 11.3 Å². The van der Waals surface area contributed by atoms with Crippen molar-refractivity contribution in [3.63, 3.8) is 0 Å². The molecule has 0 aliphatic carbocycles. The number of aromatic nitrogens is 2. The van der Waals surface area contributed by atoms with Crippen molar-refractivity contribution in [3.05, 3.63) is 82.6 Å². The van der Waals surface area contributed by atoms with Crippen LogP contribution in [0.1, 0.15) is 18.5 Å². The lowest BCUT2D eigenvalue weighted by molar-refractivity contribution is -0.119. The second kappa shape index (κ2) is 7.45. The van der Waals surface area contributed by atoms with Crippen LogP contribution < -0.4 is 10.9 Å². The molecule has 1 aromatic heterocycles. The summed E-state index contributed by atoms with van der Waals surface area (Å²) in [6.45, 7) is 1.59. The molecule has 0 bridgehead atoms. The van der Waals surface area contributed by atoms with E-state index in [1.807, 2.05) is 36.4 Å². The Morgan fingerprint density at radius 3 is 2.50 bits per heavy atom. The van der Waals surface area contributed by atoms with Gasteiger partial charge in [0.1, 0.15) is 12.1 Å². The van der Waals surface area contributed by atoms with E-state index in [0.717, 1.165) is 10.2 Å². The third-order valence-electron chi connectivity index (χ3n) is 3.95. The van der Waals surface area contributed by atoms with Gasteiger partial charge in [0.05, 0.1) is 16.9 Å². The van der Waals surface area contributed by atoms with E-state index < -0.39 is 11.9 Å². The van der Waals surface area contributed by atoms with Gasteiger partial charge in [-0.25, -0.2) is 4.68 Å². The summed E-state index contributed by atoms with van der Waals surface area (Å²) in [6.07, 6.45) is 0. The maximum Gasteiger partial charge on any atom is 0.267 e. The molecule has 0 spiro atoms. The minimum Gasteiger partial charge on any atom is -0.323 e. The maximum atomic E-state index is 12.6. The Kier molecular flexibility index (Phi) is 4.90. The van der Waals surface area contributed by atoms with Crippen LogP contribution in [-0.2, 0) is 4.79 Å². The molecule has 6 heteroatoms. The lowest BCUT2D eigenvalue weighted by Gasteiger charge is -2.15. The number of hydrogen-bond acceptors (Lipinski definition) is 4. The monoisotopic (exact) mass is 344 g/mol. The fraction of sp³-hybridized carbons (Fsp3) is 0.100. The molecule has 0 aliphatic heterocycles. The van der Waals surface area contributed by atoms with Gasteiger partial charge in [0.2, 0.25) is 5.91 Å². The zero-order valence-electron chi connectivity index (χ0n) is 14.1. The van der Waals surface area contributed by atoms with E-state index in [9.17, 15) is 9.59 Å². The molecule has 6 nitrogen and oxygen atoms in total. The molecular formula is C20H16N4O2. The molecular weight excluding hydrogens is 328 g/mol. The van der Waals surface area contributed by atoms with Crippen LogP contribution >= 0.6 is 0 Å². The number of amides is 1. The average molecular weight is 344 g/mol. The summed E-state index contributed by atoms with van der Waals surface area (Å²) in [5.41, 5.74) is 1.83. The van der Waals surface area contributed by atoms with Crippen molar-refractivity contribution in [1.29, 1.82) is 5.26 Å². The number of anilines is 1. The van der Waals surface area contributed by atoms with E-state index in [-0.39, 0.29) is 5.56 Å². The molecule has 2 aromatic carbocycles. The highest BCUT2D eigenvalue weighted by molar-refractivity contribution is 5.94. The van der Waals surface area contributed by atoms with Gasteiger partial charge in [-0.05, 0) is 25.1 Å². The summed E-state index contributed by atoms with van der Waals surface area (Å²) in [7, 11) is 0. The molecule has 0 radical (unpaired) electrons. The Morgan fingerprint density at radius 2 is 1.77 bits per heavy atom. The summed E-state index contributed by atoms with van der Waals surface area (Å²) in [4.78, 5) is 24.8. The van der Waals surface area contributed by atoms with Gasteiger partial charge in [0.15, 0.2) is 0 Å². The van der Waals surface area contributed by atoms with Crippen LogP contribution in [-0.4, -0.2) is 15.7 Å². The van der Waals surface area contributed by atoms with Gasteiger partial charge in [-0.3, -0.25) is 9.59 Å². The zero-order chi connectivity index (χ0) is 18.5. The number of hydrogen-bond donors (Lipinski definition) is 1. The fourth-order valence-electron chi connectivity index (χ4n) is 2.50. The molecule has 1 heterocycles. The standard InChI is InChI=1S/C20H16N4O2/c1-14(20(26)22-17-10-6-5-9-16(17)13-21)24-19(25)12-11-18(23-24)15-7-3-2-4-8-15/h2-12,14H,1H3,(H,22,26). The number of nitriles is 1. The molecule has 26 heavy (non-hydrogen) atoms. The second-order valence-corrected chi connectivity index (χ2v) is 5.69. The highest BCUT2D eigenvalue weighted by Gasteiger charge is 2.19. The molecule has 0 saturated carbocycles. The summed E-state index contributed by atoms with van der Waals surface area (Å²) in [5.74, 6) is -0.424. The summed E-state index contributed by atoms with van der Waals surface area (Å²) >= 11 is 0. The quantitative estimate of drug-likeness (QED) is 0.788. The summed E-state index contributed by atoms with van der Waals surface area (Å²) in [6, 6.07) is 20.3. The topological polar surface area (TPSA) is 87.8 Å². The van der Waals surface area contributed by atoms with Crippen molar-refractivity contribution in [2.24, 2.45) is 0 Å². The molecule has 3 aromatic rings.